The maximum Gasteiger partial charge on any atom is 0.357 e. The lowest BCUT2D eigenvalue weighted by Gasteiger charge is -2.39. The van der Waals surface area contributed by atoms with Gasteiger partial charge in [-0.3, -0.25) is 38.6 Å². The van der Waals surface area contributed by atoms with E-state index in [1.807, 2.05) is 102 Å². The van der Waals surface area contributed by atoms with E-state index in [9.17, 15) is 42.6 Å². The average molecular weight is 1330 g/mol. The monoisotopic (exact) mass is 1330 g/mol. The van der Waals surface area contributed by atoms with Crippen LogP contribution < -0.4 is 5.32 Å². The second kappa shape index (κ2) is 44.5. The molecule has 2 saturated heterocycles. The second-order valence-electron chi connectivity index (χ2n) is 23.4. The van der Waals surface area contributed by atoms with Gasteiger partial charge in [-0.15, -0.1) is 22.7 Å². The molecular weight excluding hydrogens is 1230 g/mol. The number of carboxylic acids is 1. The topological polar surface area (TPSA) is 313 Å². The number of carbonyl (C=O) groups is 8. The molecule has 4 heterocycles. The van der Waals surface area contributed by atoms with Crippen LogP contribution in [-0.4, -0.2) is 178 Å². The van der Waals surface area contributed by atoms with Crippen molar-refractivity contribution >= 4 is 87.3 Å². The summed E-state index contributed by atoms with van der Waals surface area (Å²) in [6.45, 7) is 24.9. The van der Waals surface area contributed by atoms with E-state index in [1.165, 1.54) is 41.8 Å². The lowest BCUT2D eigenvalue weighted by atomic mass is 9.90. The van der Waals surface area contributed by atoms with Crippen molar-refractivity contribution in [3.63, 3.8) is 0 Å². The number of carbonyl (C=O) groups excluding carboxylic acids is 7. The molecule has 29 heteroatoms. The minimum Gasteiger partial charge on any atom is -0.480 e. The van der Waals surface area contributed by atoms with Crippen LogP contribution in [0.3, 0.4) is 0 Å². The van der Waals surface area contributed by atoms with E-state index in [4.69, 9.17) is 34.5 Å². The smallest absolute Gasteiger partial charge is 0.357 e. The predicted octanol–water partition coefficient (Wildman–Crippen LogP) is 11.5. The number of methoxy groups -OCH3 is 2. The van der Waals surface area contributed by atoms with Gasteiger partial charge in [-0.1, -0.05) is 114 Å². The lowest BCUT2D eigenvalue weighted by Crippen LogP contribution is -2.59. The number of nitrogens with one attached hydrogen (secondary N) is 1. The molecule has 2 aromatic heterocycles. The summed E-state index contributed by atoms with van der Waals surface area (Å²) in [5.41, 5.74) is 9.57. The van der Waals surface area contributed by atoms with Crippen LogP contribution in [-0.2, 0) is 47.7 Å². The molecule has 3 N–H and O–H groups in total. The van der Waals surface area contributed by atoms with Crippen molar-refractivity contribution in [2.24, 2.45) is 28.8 Å². The number of hydrogen-bond acceptors (Lipinski definition) is 20. The van der Waals surface area contributed by atoms with E-state index in [0.29, 0.717) is 38.5 Å². The molecule has 0 spiro atoms. The molecule has 0 radical (unpaired) electrons. The standard InChI is InChI=1S/C30H50N4O6S.C23H37N5O5S.C7H13NO2.FH3OP2/c1-9-13-25(35)40-18-34(24(19(3)4)16-21(6)28-31-22(17-41-28)30(38)39-8)29(37)26(20(5)10-2)32-27(36)23-14-11-12-15-33(23)7;1-8-10-19(29)33-13-28(22(30)20(26-27-24)15(5)9-2)18(14(3)4)11-16(6)21-25-17(12-34-21)23(31)32-7;1-8-5-3-2-4-6(8)7(9)10;1-3-4-2/h17,19-21,23-24,26H,9-16,18H2,1-8H3,(H,32,36);12,14-16,18,20H,8-11,13H2,1-7H3;6H,2-5H2,1H3,(H,9,10);2-4H/t20-,21+,23?,24+,26?;15-,16+,18+,20?;;/m00../s1. The number of rotatable bonds is 31. The third kappa shape index (κ3) is 28.2. The zero-order valence-electron chi connectivity index (χ0n) is 55.3. The molecule has 24 nitrogen and oxygen atoms in total. The summed E-state index contributed by atoms with van der Waals surface area (Å²) in [5.74, 6) is -3.61. The molecule has 0 saturated carbocycles. The number of azide groups is 1. The summed E-state index contributed by atoms with van der Waals surface area (Å²) in [6, 6.07) is -2.78. The Morgan fingerprint density at radius 2 is 1.13 bits per heavy atom. The number of likely N-dealkylation sites (tertiary alicyclic amines) is 2. The number of hydrogen-bond donors (Lipinski definition) is 3. The van der Waals surface area contributed by atoms with Gasteiger partial charge in [-0.25, -0.2) is 23.8 Å². The largest absolute Gasteiger partial charge is 0.480 e. The fourth-order valence-corrected chi connectivity index (χ4v) is 11.8. The quantitative estimate of drug-likeness (QED) is 0.0120. The van der Waals surface area contributed by atoms with E-state index in [1.54, 1.807) is 15.7 Å². The SMILES string of the molecule is CCCC(=O)OCN(C(=O)C(N=[N+]=[N-])[C@@H](C)CC)[C@H](C[C@@H](C)c1nc(C(=O)OC)cs1)C(C)C.CCCC(=O)OCN(C(=O)C(NC(=O)C1CCCCN1C)[C@@H](C)CC)[C@H](C[C@@H](C)c1nc(C(=O)OC)cs1)C(C)C.CN1CCCCC1C(=O)O.OPPF. The number of carboxylic acid groups (broad SMARTS) is 1. The molecule has 12 atom stereocenters. The normalized spacial score (nSPS) is 17.9. The van der Waals surface area contributed by atoms with Crippen molar-refractivity contribution in [2.75, 3.05) is 54.9 Å². The first-order valence-electron chi connectivity index (χ1n) is 30.9. The maximum absolute atomic E-state index is 14.3. The number of amides is 3. The van der Waals surface area contributed by atoms with E-state index in [-0.39, 0.29) is 127 Å². The summed E-state index contributed by atoms with van der Waals surface area (Å²) in [7, 11) is 5.17. The van der Waals surface area contributed by atoms with Gasteiger partial charge in [0, 0.05) is 52.4 Å². The Morgan fingerprint density at radius 1 is 0.719 bits per heavy atom. The van der Waals surface area contributed by atoms with Crippen molar-refractivity contribution in [2.45, 2.75) is 221 Å². The molecule has 2 aliphatic rings. The molecule has 506 valence electrons. The van der Waals surface area contributed by atoms with Crippen molar-refractivity contribution in [1.29, 1.82) is 0 Å². The number of thiazole rings is 2. The fraction of sp³-hybridized carbons (Fsp3) is 0.767. The highest BCUT2D eigenvalue weighted by Gasteiger charge is 2.39. The summed E-state index contributed by atoms with van der Waals surface area (Å²) in [6.07, 6.45) is 10.00. The highest BCUT2D eigenvalue weighted by atomic mass is 32.1. The molecule has 0 bridgehead atoms. The Balaban J connectivity index is 0.000000737. The van der Waals surface area contributed by atoms with Gasteiger partial charge in [0.05, 0.1) is 38.8 Å². The van der Waals surface area contributed by atoms with E-state index in [0.717, 1.165) is 61.6 Å². The third-order valence-corrected chi connectivity index (χ3v) is 18.5. The number of halogens is 1. The predicted molar refractivity (Wildman–Crippen MR) is 348 cm³/mol. The number of aliphatic carboxylic acids is 1. The molecule has 2 aromatic rings. The minimum atomic E-state index is -0.901. The van der Waals surface area contributed by atoms with Crippen LogP contribution in [0.15, 0.2) is 15.9 Å². The maximum atomic E-state index is 14.3. The van der Waals surface area contributed by atoms with Crippen LogP contribution in [0.4, 0.5) is 4.20 Å². The van der Waals surface area contributed by atoms with Crippen LogP contribution in [0.2, 0.25) is 0 Å². The molecule has 89 heavy (non-hydrogen) atoms. The average Bonchev–Trinajstić information content (AvgIpc) is 2.45. The lowest BCUT2D eigenvalue weighted by molar-refractivity contribution is -0.160. The molecule has 0 aromatic carbocycles. The summed E-state index contributed by atoms with van der Waals surface area (Å²) in [5, 5.41) is 20.4. The summed E-state index contributed by atoms with van der Waals surface area (Å²) in [4.78, 5) is 127. The Bertz CT molecular complexity index is 2530. The summed E-state index contributed by atoms with van der Waals surface area (Å²) < 4.78 is 31.1. The number of nitrogens with zero attached hydrogens (tertiary/aromatic N) is 9. The summed E-state index contributed by atoms with van der Waals surface area (Å²) >= 11 is 2.73. The van der Waals surface area contributed by atoms with Gasteiger partial charge in [-0.2, -0.15) is 0 Å². The Labute approximate surface area is 538 Å². The van der Waals surface area contributed by atoms with Crippen molar-refractivity contribution in [3.8, 4) is 0 Å². The number of piperidine rings is 2. The van der Waals surface area contributed by atoms with Crippen LogP contribution in [0.1, 0.15) is 216 Å². The molecule has 3 amide bonds. The second-order valence-corrected chi connectivity index (χ2v) is 26.8. The third-order valence-electron chi connectivity index (χ3n) is 16.0. The van der Waals surface area contributed by atoms with Gasteiger partial charge < -0.3 is 44.1 Å². The Kier molecular flexibility index (Phi) is 41.0. The van der Waals surface area contributed by atoms with Gasteiger partial charge in [0.15, 0.2) is 24.8 Å². The fourth-order valence-electron chi connectivity index (χ4n) is 10.1. The molecule has 4 rings (SSSR count). The van der Waals surface area contributed by atoms with Crippen molar-refractivity contribution in [1.82, 2.24) is 34.9 Å². The van der Waals surface area contributed by atoms with E-state index < -0.39 is 47.1 Å². The number of ether oxygens (including phenoxy) is 4. The van der Waals surface area contributed by atoms with Crippen molar-refractivity contribution < 1.29 is 71.5 Å². The number of esters is 4. The van der Waals surface area contributed by atoms with Crippen LogP contribution in [0.25, 0.3) is 10.4 Å². The molecule has 0 aliphatic carbocycles. The van der Waals surface area contributed by atoms with Gasteiger partial charge in [0.2, 0.25) is 17.7 Å². The molecule has 2 fully saturated rings. The Morgan fingerprint density at radius 3 is 1.47 bits per heavy atom. The van der Waals surface area contributed by atoms with E-state index in [2.05, 4.69) is 30.2 Å². The Hall–Kier alpha value is -5.00. The van der Waals surface area contributed by atoms with Gasteiger partial charge in [0.1, 0.15) is 26.7 Å². The zero-order valence-corrected chi connectivity index (χ0v) is 59.0. The molecule has 2 aliphatic heterocycles. The molecular formula is C60H103FN10O14P2S2. The van der Waals surface area contributed by atoms with Crippen molar-refractivity contribution in [3.05, 3.63) is 42.6 Å². The zero-order chi connectivity index (χ0) is 67.5. The minimum absolute atomic E-state index is 0.0139. The van der Waals surface area contributed by atoms with Gasteiger partial charge in [-0.05, 0) is 108 Å². The van der Waals surface area contributed by atoms with E-state index >= 15 is 0 Å². The first kappa shape index (κ1) is 82.0. The first-order valence-corrected chi connectivity index (χ1v) is 35.5. The highest BCUT2D eigenvalue weighted by molar-refractivity contribution is 8.06. The van der Waals surface area contributed by atoms with Crippen LogP contribution in [0.5, 0.6) is 0 Å². The van der Waals surface area contributed by atoms with Gasteiger partial charge >= 0.3 is 29.8 Å². The first-order chi connectivity index (χ1) is 42.2. The molecule has 6 unspecified atom stereocenters. The number of aromatic nitrogens is 2. The van der Waals surface area contributed by atoms with Gasteiger partial charge in [0.25, 0.3) is 0 Å². The number of likely N-dealkylation sites (N-methyl/N-ethyl adjacent to an activating group) is 2. The van der Waals surface area contributed by atoms with Crippen LogP contribution >= 0.6 is 39.7 Å². The highest BCUT2D eigenvalue weighted by Crippen LogP contribution is 2.34. The van der Waals surface area contributed by atoms with Crippen LogP contribution in [0, 0.1) is 23.7 Å².